The summed E-state index contributed by atoms with van der Waals surface area (Å²) in [7, 11) is 0. The Labute approximate surface area is 170 Å². The third-order valence-corrected chi connectivity index (χ3v) is 4.48. The number of nitrogens with zero attached hydrogens (tertiary/aromatic N) is 3. The number of nitrogens with one attached hydrogen (secondary N) is 2. The maximum Gasteiger partial charge on any atom is 0.312 e. The van der Waals surface area contributed by atoms with Gasteiger partial charge in [-0.25, -0.2) is 9.48 Å². The Kier molecular flexibility index (Phi) is 8.03. The zero-order chi connectivity index (χ0) is 21.2. The zero-order valence-electron chi connectivity index (χ0n) is 16.5. The van der Waals surface area contributed by atoms with E-state index in [9.17, 15) is 14.9 Å². The van der Waals surface area contributed by atoms with Gasteiger partial charge in [0.2, 0.25) is 5.91 Å². The van der Waals surface area contributed by atoms with Gasteiger partial charge in [-0.1, -0.05) is 38.0 Å². The number of urea groups is 1. The van der Waals surface area contributed by atoms with Crippen LogP contribution >= 0.6 is 0 Å². The smallest absolute Gasteiger partial charge is 0.312 e. The van der Waals surface area contributed by atoms with E-state index in [-0.39, 0.29) is 5.91 Å². The number of hydrogen-bond acceptors (Lipinski definition) is 5. The fourth-order valence-corrected chi connectivity index (χ4v) is 2.98. The van der Waals surface area contributed by atoms with E-state index < -0.39 is 12.1 Å². The number of rotatable bonds is 10. The normalized spacial score (nSPS) is 11.4. The molecular weight excluding hydrogens is 370 g/mol. The van der Waals surface area contributed by atoms with E-state index in [4.69, 9.17) is 11.5 Å². The van der Waals surface area contributed by atoms with Crippen LogP contribution < -0.4 is 22.1 Å². The van der Waals surface area contributed by atoms with Crippen LogP contribution in [-0.4, -0.2) is 34.3 Å². The van der Waals surface area contributed by atoms with Gasteiger partial charge in [0.25, 0.3) is 0 Å². The minimum Gasteiger partial charge on any atom is -0.382 e. The molecule has 0 bridgehead atoms. The Hall–Kier alpha value is -3.54. The van der Waals surface area contributed by atoms with Crippen molar-refractivity contribution in [1.29, 1.82) is 5.26 Å². The van der Waals surface area contributed by atoms with Crippen LogP contribution in [0.25, 0.3) is 5.69 Å². The maximum atomic E-state index is 12.3. The molecule has 0 fully saturated rings. The fraction of sp³-hybridized carbons (Fsp3) is 0.400. The third-order valence-electron chi connectivity index (χ3n) is 4.48. The van der Waals surface area contributed by atoms with Gasteiger partial charge in [-0.15, -0.1) is 0 Å². The summed E-state index contributed by atoms with van der Waals surface area (Å²) in [5.41, 5.74) is 12.9. The molecule has 1 unspecified atom stereocenters. The minimum atomic E-state index is -0.721. The highest BCUT2D eigenvalue weighted by Crippen LogP contribution is 2.21. The number of benzene rings is 1. The number of aryl methyl sites for hydroxylation is 1. The SMILES string of the molecule is CCCCC(NC(N)=O)C(=O)NCCCc1nn(-c2ccccc2)c(N)c1C#N. The van der Waals surface area contributed by atoms with Crippen molar-refractivity contribution in [2.45, 2.75) is 45.1 Å². The first-order valence-electron chi connectivity index (χ1n) is 9.64. The summed E-state index contributed by atoms with van der Waals surface area (Å²) in [6.45, 7) is 2.39. The van der Waals surface area contributed by atoms with Gasteiger partial charge in [0, 0.05) is 6.54 Å². The van der Waals surface area contributed by atoms with Crippen molar-refractivity contribution in [1.82, 2.24) is 20.4 Å². The Morgan fingerprint density at radius 3 is 2.62 bits per heavy atom. The number of nitriles is 1. The van der Waals surface area contributed by atoms with Crippen molar-refractivity contribution in [3.8, 4) is 11.8 Å². The molecule has 29 heavy (non-hydrogen) atoms. The average molecular weight is 397 g/mol. The van der Waals surface area contributed by atoms with Crippen LogP contribution in [-0.2, 0) is 11.2 Å². The first-order valence-corrected chi connectivity index (χ1v) is 9.64. The largest absolute Gasteiger partial charge is 0.382 e. The van der Waals surface area contributed by atoms with Gasteiger partial charge in [-0.3, -0.25) is 4.79 Å². The van der Waals surface area contributed by atoms with Gasteiger partial charge in [0.15, 0.2) is 0 Å². The quantitative estimate of drug-likeness (QED) is 0.449. The molecule has 0 spiro atoms. The number of carbonyl (C=O) groups excluding carboxylic acids is 2. The molecule has 0 aliphatic heterocycles. The van der Waals surface area contributed by atoms with Gasteiger partial charge < -0.3 is 22.1 Å². The van der Waals surface area contributed by atoms with Crippen molar-refractivity contribution in [2.24, 2.45) is 5.73 Å². The summed E-state index contributed by atoms with van der Waals surface area (Å²) in [5.74, 6) is 0.0232. The molecule has 1 aromatic carbocycles. The zero-order valence-corrected chi connectivity index (χ0v) is 16.5. The highest BCUT2D eigenvalue weighted by molar-refractivity contribution is 5.86. The Morgan fingerprint density at radius 1 is 1.28 bits per heavy atom. The van der Waals surface area contributed by atoms with E-state index in [0.717, 1.165) is 18.5 Å². The summed E-state index contributed by atoms with van der Waals surface area (Å²) >= 11 is 0. The van der Waals surface area contributed by atoms with Crippen LogP contribution in [0.5, 0.6) is 0 Å². The second kappa shape index (κ2) is 10.7. The van der Waals surface area contributed by atoms with Gasteiger partial charge in [0.05, 0.1) is 11.4 Å². The van der Waals surface area contributed by atoms with Crippen LogP contribution in [0.15, 0.2) is 30.3 Å². The number of carbonyl (C=O) groups is 2. The second-order valence-electron chi connectivity index (χ2n) is 6.66. The molecule has 9 nitrogen and oxygen atoms in total. The number of anilines is 1. The van der Waals surface area contributed by atoms with Crippen molar-refractivity contribution in [3.63, 3.8) is 0 Å². The molecule has 154 valence electrons. The van der Waals surface area contributed by atoms with Crippen molar-refractivity contribution in [3.05, 3.63) is 41.6 Å². The van der Waals surface area contributed by atoms with E-state index in [2.05, 4.69) is 21.8 Å². The molecule has 6 N–H and O–H groups in total. The second-order valence-corrected chi connectivity index (χ2v) is 6.66. The Morgan fingerprint density at radius 2 is 2.00 bits per heavy atom. The number of nitrogen functional groups attached to an aromatic ring is 1. The topological polar surface area (TPSA) is 152 Å². The lowest BCUT2D eigenvalue weighted by molar-refractivity contribution is -0.123. The molecular formula is C20H27N7O2. The van der Waals surface area contributed by atoms with Gasteiger partial charge in [-0.2, -0.15) is 10.4 Å². The molecule has 1 aromatic heterocycles. The van der Waals surface area contributed by atoms with E-state index in [1.54, 1.807) is 4.68 Å². The van der Waals surface area contributed by atoms with E-state index in [1.165, 1.54) is 0 Å². The first kappa shape index (κ1) is 21.8. The maximum absolute atomic E-state index is 12.3. The predicted octanol–water partition coefficient (Wildman–Crippen LogP) is 1.60. The van der Waals surface area contributed by atoms with Crippen molar-refractivity contribution < 1.29 is 9.59 Å². The third kappa shape index (κ3) is 5.97. The standard InChI is InChI=1S/C20H27N7O2/c1-2-3-10-17(25-20(23)29)19(28)24-12-7-11-16-15(13-21)18(22)27(26-16)14-8-5-4-6-9-14/h4-6,8-9,17H,2-3,7,10-12,22H2,1H3,(H,24,28)(H3,23,25,29). The molecule has 9 heteroatoms. The number of primary amides is 1. The number of unbranched alkanes of at least 4 members (excludes halogenated alkanes) is 1. The first-order chi connectivity index (χ1) is 14.0. The Bertz CT molecular complexity index is 871. The van der Waals surface area contributed by atoms with E-state index in [1.807, 2.05) is 37.3 Å². The lowest BCUT2D eigenvalue weighted by Gasteiger charge is -2.16. The van der Waals surface area contributed by atoms with Crippen LogP contribution in [0.4, 0.5) is 10.6 Å². The van der Waals surface area contributed by atoms with Crippen LogP contribution in [0.2, 0.25) is 0 Å². The van der Waals surface area contributed by atoms with Crippen LogP contribution in [0, 0.1) is 11.3 Å². The lowest BCUT2D eigenvalue weighted by atomic mass is 10.1. The molecule has 1 heterocycles. The molecule has 0 aliphatic carbocycles. The molecule has 2 aromatic rings. The van der Waals surface area contributed by atoms with Gasteiger partial charge >= 0.3 is 6.03 Å². The number of amides is 3. The van der Waals surface area contributed by atoms with Crippen molar-refractivity contribution >= 4 is 17.8 Å². The summed E-state index contributed by atoms with van der Waals surface area (Å²) in [4.78, 5) is 23.4. The van der Waals surface area contributed by atoms with Crippen LogP contribution in [0.3, 0.4) is 0 Å². The lowest BCUT2D eigenvalue weighted by Crippen LogP contribution is -2.48. The number of aromatic nitrogens is 2. The van der Waals surface area contributed by atoms with Crippen molar-refractivity contribution in [2.75, 3.05) is 12.3 Å². The molecule has 3 amide bonds. The monoisotopic (exact) mass is 397 g/mol. The number of nitrogens with two attached hydrogens (primary N) is 2. The van der Waals surface area contributed by atoms with E-state index >= 15 is 0 Å². The van der Waals surface area contributed by atoms with Gasteiger partial charge in [-0.05, 0) is 31.4 Å². The Balaban J connectivity index is 1.95. The molecule has 0 saturated heterocycles. The average Bonchev–Trinajstić information content (AvgIpc) is 3.04. The minimum absolute atomic E-state index is 0.271. The number of hydrogen-bond donors (Lipinski definition) is 4. The van der Waals surface area contributed by atoms with Gasteiger partial charge in [0.1, 0.15) is 23.5 Å². The molecule has 2 rings (SSSR count). The summed E-state index contributed by atoms with van der Waals surface area (Å²) < 4.78 is 1.55. The summed E-state index contributed by atoms with van der Waals surface area (Å²) in [6.07, 6.45) is 3.30. The van der Waals surface area contributed by atoms with E-state index in [0.29, 0.717) is 42.9 Å². The molecule has 0 radical (unpaired) electrons. The van der Waals surface area contributed by atoms with Crippen LogP contribution in [0.1, 0.15) is 43.9 Å². The molecule has 0 saturated carbocycles. The number of para-hydroxylation sites is 1. The predicted molar refractivity (Wildman–Crippen MR) is 110 cm³/mol. The summed E-state index contributed by atoms with van der Waals surface area (Å²) in [6, 6.07) is 10.1. The molecule has 1 atom stereocenters. The highest BCUT2D eigenvalue weighted by atomic mass is 16.2. The fourth-order valence-electron chi connectivity index (χ4n) is 2.98. The molecule has 0 aliphatic rings. The highest BCUT2D eigenvalue weighted by Gasteiger charge is 2.19. The summed E-state index contributed by atoms with van der Waals surface area (Å²) in [5, 5.41) is 19.2.